The van der Waals surface area contributed by atoms with E-state index in [1.807, 2.05) is 42.5 Å². The summed E-state index contributed by atoms with van der Waals surface area (Å²) in [6, 6.07) is 37.4. The number of carbonyl (C=O) groups is 2. The van der Waals surface area contributed by atoms with Crippen molar-refractivity contribution in [2.75, 3.05) is 33.0 Å². The molecule has 1 aromatic heterocycles. The summed E-state index contributed by atoms with van der Waals surface area (Å²) in [6.07, 6.45) is 2.98. The Morgan fingerprint density at radius 1 is 0.585 bits per heavy atom. The lowest BCUT2D eigenvalue weighted by molar-refractivity contribution is -0.169. The smallest absolute Gasteiger partial charge is 0.343 e. The van der Waals surface area contributed by atoms with Crippen molar-refractivity contribution >= 4 is 23.0 Å². The molecule has 6 aromatic rings. The maximum absolute atomic E-state index is 12.9. The molecule has 2 heterocycles. The van der Waals surface area contributed by atoms with E-state index >= 15 is 0 Å². The van der Waals surface area contributed by atoms with E-state index in [0.717, 1.165) is 25.9 Å². The van der Waals surface area contributed by atoms with Gasteiger partial charge in [-0.15, -0.1) is 0 Å². The van der Waals surface area contributed by atoms with Gasteiger partial charge in [0.2, 0.25) is 0 Å². The molecule has 1 unspecified atom stereocenters. The number of esters is 2. The first-order valence-electron chi connectivity index (χ1n) is 17.6. The van der Waals surface area contributed by atoms with E-state index < -0.39 is 11.9 Å². The average Bonchev–Trinajstić information content (AvgIpc) is 3.21. The van der Waals surface area contributed by atoms with Crippen LogP contribution in [-0.4, -0.2) is 61.2 Å². The van der Waals surface area contributed by atoms with Crippen molar-refractivity contribution in [2.24, 2.45) is 0 Å². The zero-order valence-electron chi connectivity index (χ0n) is 29.0. The molecule has 1 atom stereocenters. The highest BCUT2D eigenvalue weighted by Crippen LogP contribution is 2.35. The van der Waals surface area contributed by atoms with Crippen LogP contribution in [0.5, 0.6) is 17.2 Å². The van der Waals surface area contributed by atoms with E-state index in [4.69, 9.17) is 38.4 Å². The minimum absolute atomic E-state index is 0.138. The molecule has 0 N–H and O–H groups in total. The zero-order chi connectivity index (χ0) is 36.2. The molecule has 7 rings (SSSR count). The fourth-order valence-electron chi connectivity index (χ4n) is 5.82. The first kappa shape index (κ1) is 35.5. The van der Waals surface area contributed by atoms with Crippen molar-refractivity contribution < 1.29 is 38.0 Å². The van der Waals surface area contributed by atoms with Crippen LogP contribution in [0.2, 0.25) is 0 Å². The third kappa shape index (κ3) is 9.49. The van der Waals surface area contributed by atoms with E-state index in [9.17, 15) is 9.59 Å². The van der Waals surface area contributed by atoms with Crippen molar-refractivity contribution in [3.05, 3.63) is 139 Å². The summed E-state index contributed by atoms with van der Waals surface area (Å²) < 4.78 is 34.5. The zero-order valence-corrected chi connectivity index (χ0v) is 29.0. The van der Waals surface area contributed by atoms with Gasteiger partial charge in [-0.3, -0.25) is 0 Å². The van der Waals surface area contributed by atoms with Crippen molar-refractivity contribution in [2.45, 2.75) is 25.6 Å². The highest BCUT2D eigenvalue weighted by molar-refractivity contribution is 5.92. The molecule has 0 bridgehead atoms. The van der Waals surface area contributed by atoms with E-state index in [2.05, 4.69) is 0 Å². The summed E-state index contributed by atoms with van der Waals surface area (Å²) in [5.74, 6) is 0.372. The summed E-state index contributed by atoms with van der Waals surface area (Å²) in [6.45, 7) is 2.39. The van der Waals surface area contributed by atoms with Gasteiger partial charge in [0.1, 0.15) is 23.9 Å². The SMILES string of the molecule is O=C(Oc1cccc(-c2nc3ccc(OCCOCCOC4CCCCO4)cc3nc2-c2cccc(OC(=O)c3ccccc3)c2)c1)c1ccccc1. The third-order valence-corrected chi connectivity index (χ3v) is 8.46. The Bertz CT molecular complexity index is 2150. The summed E-state index contributed by atoms with van der Waals surface area (Å²) in [5.41, 5.74) is 4.53. The second-order valence-corrected chi connectivity index (χ2v) is 12.3. The number of nitrogens with zero attached hydrogens (tertiary/aromatic N) is 2. The molecule has 1 fully saturated rings. The highest BCUT2D eigenvalue weighted by Gasteiger charge is 2.18. The van der Waals surface area contributed by atoms with Crippen molar-refractivity contribution in [1.29, 1.82) is 0 Å². The van der Waals surface area contributed by atoms with E-state index in [-0.39, 0.29) is 6.29 Å². The molecule has 10 heteroatoms. The molecule has 53 heavy (non-hydrogen) atoms. The number of benzene rings is 5. The number of rotatable bonds is 14. The number of ether oxygens (including phenoxy) is 6. The number of fused-ring (bicyclic) bond motifs is 1. The molecule has 0 spiro atoms. The Kier molecular flexibility index (Phi) is 11.7. The molecule has 0 saturated carbocycles. The average molecular weight is 711 g/mol. The minimum Gasteiger partial charge on any atom is -0.491 e. The number of hydrogen-bond donors (Lipinski definition) is 0. The van der Waals surface area contributed by atoms with Gasteiger partial charge >= 0.3 is 11.9 Å². The van der Waals surface area contributed by atoms with Gasteiger partial charge in [0.05, 0.1) is 53.4 Å². The number of aromatic nitrogens is 2. The van der Waals surface area contributed by atoms with Crippen LogP contribution in [0.15, 0.2) is 127 Å². The lowest BCUT2D eigenvalue weighted by Gasteiger charge is -2.22. The highest BCUT2D eigenvalue weighted by atomic mass is 16.7. The first-order valence-corrected chi connectivity index (χ1v) is 17.6. The lowest BCUT2D eigenvalue weighted by Crippen LogP contribution is -2.24. The summed E-state index contributed by atoms with van der Waals surface area (Å²) in [7, 11) is 0. The van der Waals surface area contributed by atoms with Gasteiger partial charge in [0.15, 0.2) is 6.29 Å². The van der Waals surface area contributed by atoms with Crippen LogP contribution in [0.25, 0.3) is 33.5 Å². The van der Waals surface area contributed by atoms with Gasteiger partial charge in [-0.1, -0.05) is 60.7 Å². The molecule has 1 saturated heterocycles. The molecule has 0 aliphatic carbocycles. The first-order chi connectivity index (χ1) is 26.1. The Morgan fingerprint density at radius 3 is 1.79 bits per heavy atom. The summed E-state index contributed by atoms with van der Waals surface area (Å²) in [5, 5.41) is 0. The molecule has 0 radical (unpaired) electrons. The Morgan fingerprint density at radius 2 is 1.19 bits per heavy atom. The minimum atomic E-state index is -0.475. The predicted molar refractivity (Wildman–Crippen MR) is 199 cm³/mol. The van der Waals surface area contributed by atoms with Crippen LogP contribution in [-0.2, 0) is 14.2 Å². The second kappa shape index (κ2) is 17.5. The summed E-state index contributed by atoms with van der Waals surface area (Å²) in [4.78, 5) is 35.8. The molecular weight excluding hydrogens is 672 g/mol. The normalized spacial score (nSPS) is 14.1. The second-order valence-electron chi connectivity index (χ2n) is 12.3. The topological polar surface area (TPSA) is 115 Å². The van der Waals surface area contributed by atoms with Gasteiger partial charge in [-0.05, 0) is 79.9 Å². The van der Waals surface area contributed by atoms with Crippen LogP contribution in [0.1, 0.15) is 40.0 Å². The predicted octanol–water partition coefficient (Wildman–Crippen LogP) is 8.34. The molecule has 0 amide bonds. The van der Waals surface area contributed by atoms with E-state index in [1.165, 1.54) is 0 Å². The largest absolute Gasteiger partial charge is 0.491 e. The fourth-order valence-corrected chi connectivity index (χ4v) is 5.82. The molecule has 1 aliphatic heterocycles. The fraction of sp³-hybridized carbons (Fsp3) is 0.209. The molecular formula is C43H38N2O8. The van der Waals surface area contributed by atoms with E-state index in [1.54, 1.807) is 84.9 Å². The Hall–Kier alpha value is -5.94. The van der Waals surface area contributed by atoms with Crippen molar-refractivity contribution in [3.8, 4) is 39.8 Å². The quantitative estimate of drug-likeness (QED) is 0.0621. The number of carbonyl (C=O) groups excluding carboxylic acids is 2. The van der Waals surface area contributed by atoms with Gasteiger partial charge < -0.3 is 28.4 Å². The number of hydrogen-bond acceptors (Lipinski definition) is 10. The molecule has 10 nitrogen and oxygen atoms in total. The van der Waals surface area contributed by atoms with Crippen LogP contribution >= 0.6 is 0 Å². The van der Waals surface area contributed by atoms with Crippen LogP contribution in [0.3, 0.4) is 0 Å². The lowest BCUT2D eigenvalue weighted by atomic mass is 10.0. The maximum atomic E-state index is 12.9. The molecule has 1 aliphatic rings. The Labute approximate surface area is 307 Å². The standard InChI is InChI=1S/C43H38N2O8/c46-42(30-11-3-1-4-12-30)52-35-17-9-15-32(27-35)40-41(33-16-10-18-36(28-33)53-43(47)31-13-5-2-6-14-31)45-38-29-34(20-21-37(38)44-40)49-25-23-48-24-26-51-39-19-7-8-22-50-39/h1-6,9-18,20-21,27-29,39H,7-8,19,22-26H2. The van der Waals surface area contributed by atoms with Crippen LogP contribution in [0.4, 0.5) is 0 Å². The maximum Gasteiger partial charge on any atom is 0.343 e. The molecule has 5 aromatic carbocycles. The monoisotopic (exact) mass is 710 g/mol. The molecule has 268 valence electrons. The van der Waals surface area contributed by atoms with Crippen LogP contribution in [0, 0.1) is 0 Å². The van der Waals surface area contributed by atoms with Crippen molar-refractivity contribution in [3.63, 3.8) is 0 Å². The van der Waals surface area contributed by atoms with E-state index in [0.29, 0.717) is 88.4 Å². The van der Waals surface area contributed by atoms with Gasteiger partial charge in [0, 0.05) is 23.8 Å². The summed E-state index contributed by atoms with van der Waals surface area (Å²) >= 11 is 0. The third-order valence-electron chi connectivity index (χ3n) is 8.46. The van der Waals surface area contributed by atoms with Gasteiger partial charge in [-0.25, -0.2) is 19.6 Å². The van der Waals surface area contributed by atoms with Crippen molar-refractivity contribution in [1.82, 2.24) is 9.97 Å². The van der Waals surface area contributed by atoms with Gasteiger partial charge in [-0.2, -0.15) is 0 Å². The van der Waals surface area contributed by atoms with Crippen LogP contribution < -0.4 is 14.2 Å². The Balaban J connectivity index is 1.13. The van der Waals surface area contributed by atoms with Gasteiger partial charge in [0.25, 0.3) is 0 Å².